The number of oxazole rings is 1. The molecule has 0 atom stereocenters. The van der Waals surface area contributed by atoms with Crippen LogP contribution in [0.1, 0.15) is 23.4 Å². The Morgan fingerprint density at radius 3 is 3.08 bits per heavy atom. The Morgan fingerprint density at radius 2 is 2.58 bits per heavy atom. The van der Waals surface area contributed by atoms with Crippen molar-refractivity contribution in [2.45, 2.75) is 12.3 Å². The van der Waals surface area contributed by atoms with Gasteiger partial charge < -0.3 is 9.15 Å². The Labute approximate surface area is 78.0 Å². The molecule has 0 bridgehead atoms. The minimum atomic E-state index is -0.523. The standard InChI is InChI=1S/C7H8BrNO3/c1-2-11-7(10)6-9-4-5(3-8)12-6/h4H,2-3H2,1H3. The second kappa shape index (κ2) is 4.25. The third-order valence-electron chi connectivity index (χ3n) is 1.14. The first-order valence-electron chi connectivity index (χ1n) is 3.45. The molecule has 0 radical (unpaired) electrons. The zero-order valence-electron chi connectivity index (χ0n) is 6.54. The third kappa shape index (κ3) is 2.07. The maximum absolute atomic E-state index is 11.0. The molecule has 0 saturated carbocycles. The first kappa shape index (κ1) is 9.25. The predicted molar refractivity (Wildman–Crippen MR) is 45.1 cm³/mol. The summed E-state index contributed by atoms with van der Waals surface area (Å²) >= 11 is 3.17. The second-order valence-electron chi connectivity index (χ2n) is 1.99. The molecule has 0 aliphatic carbocycles. The molecule has 0 amide bonds. The van der Waals surface area contributed by atoms with Crippen molar-refractivity contribution >= 4 is 21.9 Å². The van der Waals surface area contributed by atoms with Crippen LogP contribution in [0.4, 0.5) is 0 Å². The van der Waals surface area contributed by atoms with Crippen molar-refractivity contribution in [3.8, 4) is 0 Å². The van der Waals surface area contributed by atoms with Crippen molar-refractivity contribution in [1.82, 2.24) is 4.98 Å². The third-order valence-corrected chi connectivity index (χ3v) is 1.69. The van der Waals surface area contributed by atoms with Crippen LogP contribution >= 0.6 is 15.9 Å². The molecule has 0 fully saturated rings. The molecule has 0 spiro atoms. The van der Waals surface area contributed by atoms with E-state index in [1.54, 1.807) is 6.92 Å². The molecule has 1 heterocycles. The highest BCUT2D eigenvalue weighted by Gasteiger charge is 2.12. The van der Waals surface area contributed by atoms with Crippen molar-refractivity contribution in [3.05, 3.63) is 17.8 Å². The molecule has 1 aromatic heterocycles. The number of halogens is 1. The van der Waals surface area contributed by atoms with Crippen LogP contribution in [0, 0.1) is 0 Å². The van der Waals surface area contributed by atoms with Crippen LogP contribution in [-0.4, -0.2) is 17.6 Å². The highest BCUT2D eigenvalue weighted by molar-refractivity contribution is 9.08. The quantitative estimate of drug-likeness (QED) is 0.590. The van der Waals surface area contributed by atoms with E-state index in [9.17, 15) is 4.79 Å². The Balaban J connectivity index is 2.68. The monoisotopic (exact) mass is 233 g/mol. The molecule has 66 valence electrons. The number of ether oxygens (including phenoxy) is 1. The van der Waals surface area contributed by atoms with Crippen molar-refractivity contribution in [3.63, 3.8) is 0 Å². The van der Waals surface area contributed by atoms with Crippen molar-refractivity contribution < 1.29 is 13.9 Å². The number of alkyl halides is 1. The Hall–Kier alpha value is -0.840. The molecule has 0 aromatic carbocycles. The number of nitrogens with zero attached hydrogens (tertiary/aromatic N) is 1. The van der Waals surface area contributed by atoms with Crippen LogP contribution in [0.15, 0.2) is 10.6 Å². The van der Waals surface area contributed by atoms with Crippen LogP contribution in [0.3, 0.4) is 0 Å². The fraction of sp³-hybridized carbons (Fsp3) is 0.429. The number of carbonyl (C=O) groups is 1. The van der Waals surface area contributed by atoms with Gasteiger partial charge in [-0.15, -0.1) is 0 Å². The average Bonchev–Trinajstić information content (AvgIpc) is 2.52. The minimum Gasteiger partial charge on any atom is -0.459 e. The molecular formula is C7H8BrNO3. The average molecular weight is 234 g/mol. The zero-order chi connectivity index (χ0) is 8.97. The summed E-state index contributed by atoms with van der Waals surface area (Å²) < 4.78 is 9.69. The van der Waals surface area contributed by atoms with Gasteiger partial charge in [0, 0.05) is 0 Å². The van der Waals surface area contributed by atoms with E-state index < -0.39 is 5.97 Å². The van der Waals surface area contributed by atoms with Crippen LogP contribution in [-0.2, 0) is 10.1 Å². The maximum Gasteiger partial charge on any atom is 0.394 e. The van der Waals surface area contributed by atoms with Crippen LogP contribution in [0.2, 0.25) is 0 Å². The van der Waals surface area contributed by atoms with Gasteiger partial charge >= 0.3 is 11.9 Å². The summed E-state index contributed by atoms with van der Waals surface area (Å²) in [6, 6.07) is 0. The molecule has 5 heteroatoms. The fourth-order valence-corrected chi connectivity index (χ4v) is 0.916. The van der Waals surface area contributed by atoms with Gasteiger partial charge in [0.05, 0.1) is 18.1 Å². The number of carbonyl (C=O) groups excluding carboxylic acids is 1. The summed E-state index contributed by atoms with van der Waals surface area (Å²) in [5.41, 5.74) is 0. The highest BCUT2D eigenvalue weighted by atomic mass is 79.9. The molecule has 0 saturated heterocycles. The first-order valence-corrected chi connectivity index (χ1v) is 4.58. The fourth-order valence-electron chi connectivity index (χ4n) is 0.656. The second-order valence-corrected chi connectivity index (χ2v) is 2.55. The Bertz CT molecular complexity index is 271. The van der Waals surface area contributed by atoms with Crippen LogP contribution in [0.5, 0.6) is 0 Å². The van der Waals surface area contributed by atoms with Gasteiger partial charge in [-0.3, -0.25) is 0 Å². The molecule has 0 N–H and O–H groups in total. The molecule has 12 heavy (non-hydrogen) atoms. The molecule has 0 aliphatic rings. The smallest absolute Gasteiger partial charge is 0.394 e. The van der Waals surface area contributed by atoms with Gasteiger partial charge in [0.15, 0.2) is 0 Å². The molecule has 0 aliphatic heterocycles. The van der Waals surface area contributed by atoms with E-state index in [-0.39, 0.29) is 5.89 Å². The van der Waals surface area contributed by atoms with Gasteiger partial charge in [0.25, 0.3) is 0 Å². The zero-order valence-corrected chi connectivity index (χ0v) is 8.13. The lowest BCUT2D eigenvalue weighted by Gasteiger charge is -1.94. The van der Waals surface area contributed by atoms with E-state index in [2.05, 4.69) is 25.7 Å². The summed E-state index contributed by atoms with van der Waals surface area (Å²) in [7, 11) is 0. The number of hydrogen-bond donors (Lipinski definition) is 0. The lowest BCUT2D eigenvalue weighted by Crippen LogP contribution is -2.04. The predicted octanol–water partition coefficient (Wildman–Crippen LogP) is 1.75. The molecule has 1 aromatic rings. The van der Waals surface area contributed by atoms with Crippen molar-refractivity contribution in [2.75, 3.05) is 6.61 Å². The maximum atomic E-state index is 11.0. The summed E-state index contributed by atoms with van der Waals surface area (Å²) in [4.78, 5) is 14.7. The van der Waals surface area contributed by atoms with E-state index in [1.807, 2.05) is 0 Å². The van der Waals surface area contributed by atoms with Gasteiger partial charge in [-0.2, -0.15) is 0 Å². The van der Waals surface area contributed by atoms with Gasteiger partial charge in [0.1, 0.15) is 5.76 Å². The molecule has 0 unspecified atom stereocenters. The van der Waals surface area contributed by atoms with Crippen molar-refractivity contribution in [2.24, 2.45) is 0 Å². The first-order chi connectivity index (χ1) is 5.77. The van der Waals surface area contributed by atoms with E-state index >= 15 is 0 Å². The lowest BCUT2D eigenvalue weighted by molar-refractivity contribution is 0.0479. The number of esters is 1. The molecule has 4 nitrogen and oxygen atoms in total. The summed E-state index contributed by atoms with van der Waals surface area (Å²) in [5, 5.41) is 0.541. The minimum absolute atomic E-state index is 0.00583. The van der Waals surface area contributed by atoms with Crippen LogP contribution < -0.4 is 0 Å². The van der Waals surface area contributed by atoms with Crippen molar-refractivity contribution in [1.29, 1.82) is 0 Å². The molecular weight excluding hydrogens is 226 g/mol. The topological polar surface area (TPSA) is 52.3 Å². The summed E-state index contributed by atoms with van der Waals surface area (Å²) in [5.74, 6) is 0.0917. The van der Waals surface area contributed by atoms with Gasteiger partial charge in [0.2, 0.25) is 0 Å². The summed E-state index contributed by atoms with van der Waals surface area (Å²) in [6.07, 6.45) is 1.49. The van der Waals surface area contributed by atoms with Gasteiger partial charge in [-0.25, -0.2) is 9.78 Å². The normalized spacial score (nSPS) is 9.83. The largest absolute Gasteiger partial charge is 0.459 e. The summed E-state index contributed by atoms with van der Waals surface area (Å²) in [6.45, 7) is 2.05. The van der Waals surface area contributed by atoms with Crippen LogP contribution in [0.25, 0.3) is 0 Å². The Morgan fingerprint density at radius 1 is 1.83 bits per heavy atom. The van der Waals surface area contributed by atoms with E-state index in [0.29, 0.717) is 17.7 Å². The molecule has 1 rings (SSSR count). The number of rotatable bonds is 3. The number of aromatic nitrogens is 1. The van der Waals surface area contributed by atoms with E-state index in [1.165, 1.54) is 6.20 Å². The van der Waals surface area contributed by atoms with E-state index in [4.69, 9.17) is 4.42 Å². The SMILES string of the molecule is CCOC(=O)c1ncc(CBr)o1. The Kier molecular flexibility index (Phi) is 3.28. The highest BCUT2D eigenvalue weighted by Crippen LogP contribution is 2.08. The van der Waals surface area contributed by atoms with Gasteiger partial charge in [-0.05, 0) is 6.92 Å². The lowest BCUT2D eigenvalue weighted by atomic mass is 10.6. The van der Waals surface area contributed by atoms with Gasteiger partial charge in [-0.1, -0.05) is 15.9 Å². The number of hydrogen-bond acceptors (Lipinski definition) is 4. The van der Waals surface area contributed by atoms with E-state index in [0.717, 1.165) is 0 Å².